The first-order valence-electron chi connectivity index (χ1n) is 8.76. The number of ether oxygens (including phenoxy) is 1. The van der Waals surface area contributed by atoms with Crippen LogP contribution in [0.25, 0.3) is 10.9 Å². The Hall–Kier alpha value is -3.35. The van der Waals surface area contributed by atoms with Crippen LogP contribution < -0.4 is 10.1 Å². The molecule has 0 aliphatic rings. The quantitative estimate of drug-likeness (QED) is 0.490. The Morgan fingerprint density at radius 3 is 2.85 bits per heavy atom. The topological polar surface area (TPSA) is 97.3 Å². The average molecular weight is 367 g/mol. The number of H-pyrrole nitrogens is 1. The number of hydrogen-bond acceptors (Lipinski definition) is 4. The minimum Gasteiger partial charge on any atom is -0.494 e. The molecule has 0 bridgehead atoms. The molecular weight excluding hydrogens is 346 g/mol. The SMILES string of the molecule is CCOc1ccc2[nH]cc(C[C@@H](C)NC(=O)c3cccc([N+](=O)[O-])c3)c2c1. The normalized spacial score (nSPS) is 11.9. The summed E-state index contributed by atoms with van der Waals surface area (Å²) in [4.78, 5) is 26.0. The molecule has 140 valence electrons. The van der Waals surface area contributed by atoms with Gasteiger partial charge in [-0.25, -0.2) is 0 Å². The van der Waals surface area contributed by atoms with Crippen molar-refractivity contribution in [1.82, 2.24) is 10.3 Å². The monoisotopic (exact) mass is 367 g/mol. The van der Waals surface area contributed by atoms with Crippen LogP contribution in [0.4, 0.5) is 5.69 Å². The lowest BCUT2D eigenvalue weighted by molar-refractivity contribution is -0.384. The highest BCUT2D eigenvalue weighted by Gasteiger charge is 2.15. The number of rotatable bonds is 7. The fraction of sp³-hybridized carbons (Fsp3) is 0.250. The third kappa shape index (κ3) is 4.25. The van der Waals surface area contributed by atoms with Gasteiger partial charge in [0.1, 0.15) is 5.75 Å². The van der Waals surface area contributed by atoms with Gasteiger partial charge in [-0.15, -0.1) is 0 Å². The molecule has 0 saturated heterocycles. The van der Waals surface area contributed by atoms with Gasteiger partial charge in [-0.1, -0.05) is 6.07 Å². The highest BCUT2D eigenvalue weighted by molar-refractivity contribution is 5.95. The van der Waals surface area contributed by atoms with Gasteiger partial charge in [-0.05, 0) is 50.1 Å². The lowest BCUT2D eigenvalue weighted by Gasteiger charge is -2.14. The third-order valence-electron chi connectivity index (χ3n) is 4.27. The molecule has 7 heteroatoms. The van der Waals surface area contributed by atoms with Crippen LogP contribution in [0, 0.1) is 10.1 Å². The van der Waals surface area contributed by atoms with Gasteiger partial charge in [-0.3, -0.25) is 14.9 Å². The van der Waals surface area contributed by atoms with Gasteiger partial charge in [0.15, 0.2) is 0 Å². The van der Waals surface area contributed by atoms with Gasteiger partial charge < -0.3 is 15.0 Å². The molecule has 0 spiro atoms. The van der Waals surface area contributed by atoms with Crippen molar-refractivity contribution in [2.24, 2.45) is 0 Å². The van der Waals surface area contributed by atoms with Crippen molar-refractivity contribution in [1.29, 1.82) is 0 Å². The summed E-state index contributed by atoms with van der Waals surface area (Å²) in [5.41, 5.74) is 2.24. The van der Waals surface area contributed by atoms with Gasteiger partial charge in [0.05, 0.1) is 11.5 Å². The van der Waals surface area contributed by atoms with Crippen LogP contribution in [-0.2, 0) is 6.42 Å². The van der Waals surface area contributed by atoms with E-state index in [1.165, 1.54) is 18.2 Å². The van der Waals surface area contributed by atoms with E-state index in [0.717, 1.165) is 22.2 Å². The summed E-state index contributed by atoms with van der Waals surface area (Å²) in [6, 6.07) is 11.4. The zero-order chi connectivity index (χ0) is 19.4. The Morgan fingerprint density at radius 2 is 2.11 bits per heavy atom. The maximum Gasteiger partial charge on any atom is 0.270 e. The lowest BCUT2D eigenvalue weighted by atomic mass is 10.1. The first kappa shape index (κ1) is 18.4. The van der Waals surface area contributed by atoms with Crippen LogP contribution in [-0.4, -0.2) is 28.5 Å². The van der Waals surface area contributed by atoms with Crippen LogP contribution in [0.2, 0.25) is 0 Å². The summed E-state index contributed by atoms with van der Waals surface area (Å²) in [5, 5.41) is 14.8. The number of carbonyl (C=O) groups is 1. The molecule has 7 nitrogen and oxygen atoms in total. The van der Waals surface area contributed by atoms with E-state index >= 15 is 0 Å². The number of nitrogens with zero attached hydrogens (tertiary/aromatic N) is 1. The number of amides is 1. The fourth-order valence-corrected chi connectivity index (χ4v) is 3.03. The summed E-state index contributed by atoms with van der Waals surface area (Å²) in [5.74, 6) is 0.472. The molecule has 1 heterocycles. The molecule has 3 aromatic rings. The van der Waals surface area contributed by atoms with Gasteiger partial charge in [0, 0.05) is 40.8 Å². The zero-order valence-corrected chi connectivity index (χ0v) is 15.2. The number of nitro groups is 1. The molecule has 0 aliphatic heterocycles. The van der Waals surface area contributed by atoms with E-state index in [2.05, 4.69) is 10.3 Å². The number of benzene rings is 2. The van der Waals surface area contributed by atoms with Crippen LogP contribution in [0.15, 0.2) is 48.7 Å². The second kappa shape index (κ2) is 7.90. The molecule has 0 fully saturated rings. The van der Waals surface area contributed by atoms with Crippen LogP contribution in [0.3, 0.4) is 0 Å². The Bertz CT molecular complexity index is 980. The van der Waals surface area contributed by atoms with E-state index < -0.39 is 4.92 Å². The fourth-order valence-electron chi connectivity index (χ4n) is 3.03. The highest BCUT2D eigenvalue weighted by atomic mass is 16.6. The van der Waals surface area contributed by atoms with Crippen molar-refractivity contribution in [2.75, 3.05) is 6.61 Å². The summed E-state index contributed by atoms with van der Waals surface area (Å²) in [6.07, 6.45) is 2.55. The van der Waals surface area contributed by atoms with Crippen LogP contribution >= 0.6 is 0 Å². The molecule has 0 saturated carbocycles. The summed E-state index contributed by atoms with van der Waals surface area (Å²) in [6.45, 7) is 4.44. The highest BCUT2D eigenvalue weighted by Crippen LogP contribution is 2.25. The molecule has 1 aromatic heterocycles. The van der Waals surface area contributed by atoms with Gasteiger partial charge in [0.25, 0.3) is 11.6 Å². The van der Waals surface area contributed by atoms with E-state index in [0.29, 0.717) is 13.0 Å². The van der Waals surface area contributed by atoms with Crippen LogP contribution in [0.1, 0.15) is 29.8 Å². The Kier molecular flexibility index (Phi) is 5.40. The first-order chi connectivity index (χ1) is 13.0. The number of carbonyl (C=O) groups excluding carboxylic acids is 1. The molecule has 1 amide bonds. The van der Waals surface area contributed by atoms with E-state index in [1.54, 1.807) is 6.07 Å². The van der Waals surface area contributed by atoms with Gasteiger partial charge >= 0.3 is 0 Å². The Morgan fingerprint density at radius 1 is 1.30 bits per heavy atom. The van der Waals surface area contributed by atoms with Crippen LogP contribution in [0.5, 0.6) is 5.75 Å². The van der Waals surface area contributed by atoms with E-state index in [1.807, 2.05) is 38.2 Å². The smallest absolute Gasteiger partial charge is 0.270 e. The average Bonchev–Trinajstić information content (AvgIpc) is 3.04. The molecule has 0 unspecified atom stereocenters. The molecule has 0 aliphatic carbocycles. The second-order valence-electron chi connectivity index (χ2n) is 6.34. The van der Waals surface area contributed by atoms with Crippen molar-refractivity contribution in [2.45, 2.75) is 26.3 Å². The van der Waals surface area contributed by atoms with Crippen molar-refractivity contribution < 1.29 is 14.5 Å². The number of nitro benzene ring substituents is 1. The first-order valence-corrected chi connectivity index (χ1v) is 8.76. The molecule has 3 rings (SSSR count). The second-order valence-corrected chi connectivity index (χ2v) is 6.34. The Labute approximate surface area is 156 Å². The number of nitrogens with one attached hydrogen (secondary N) is 2. The van der Waals surface area contributed by atoms with E-state index in [9.17, 15) is 14.9 Å². The summed E-state index contributed by atoms with van der Waals surface area (Å²) < 4.78 is 5.56. The summed E-state index contributed by atoms with van der Waals surface area (Å²) in [7, 11) is 0. The standard InChI is InChI=1S/C20H21N3O4/c1-3-27-17-7-8-19-18(11-17)15(12-21-19)9-13(2)22-20(24)14-5-4-6-16(10-14)23(25)26/h4-8,10-13,21H,3,9H2,1-2H3,(H,22,24)/t13-/m1/s1. The largest absolute Gasteiger partial charge is 0.494 e. The number of non-ortho nitro benzene ring substituents is 1. The molecule has 2 N–H and O–H groups in total. The lowest BCUT2D eigenvalue weighted by Crippen LogP contribution is -2.34. The third-order valence-corrected chi connectivity index (χ3v) is 4.27. The number of aromatic amines is 1. The molecular formula is C20H21N3O4. The minimum atomic E-state index is -0.512. The predicted octanol–water partition coefficient (Wildman–Crippen LogP) is 3.84. The van der Waals surface area contributed by atoms with Gasteiger partial charge in [-0.2, -0.15) is 0 Å². The molecule has 0 radical (unpaired) electrons. The number of fused-ring (bicyclic) bond motifs is 1. The van der Waals surface area contributed by atoms with Crippen molar-refractivity contribution >= 4 is 22.5 Å². The number of aromatic nitrogens is 1. The molecule has 2 aromatic carbocycles. The molecule has 1 atom stereocenters. The number of hydrogen-bond donors (Lipinski definition) is 2. The van der Waals surface area contributed by atoms with E-state index in [-0.39, 0.29) is 23.2 Å². The Balaban J connectivity index is 1.72. The minimum absolute atomic E-state index is 0.101. The van der Waals surface area contributed by atoms with Crippen molar-refractivity contribution in [3.63, 3.8) is 0 Å². The van der Waals surface area contributed by atoms with Crippen molar-refractivity contribution in [3.05, 3.63) is 69.9 Å². The van der Waals surface area contributed by atoms with Crippen molar-refractivity contribution in [3.8, 4) is 5.75 Å². The summed E-state index contributed by atoms with van der Waals surface area (Å²) >= 11 is 0. The van der Waals surface area contributed by atoms with E-state index in [4.69, 9.17) is 4.74 Å². The zero-order valence-electron chi connectivity index (χ0n) is 15.2. The maximum atomic E-state index is 12.4. The maximum absolute atomic E-state index is 12.4. The predicted molar refractivity (Wildman–Crippen MR) is 103 cm³/mol. The molecule has 27 heavy (non-hydrogen) atoms. The van der Waals surface area contributed by atoms with Gasteiger partial charge in [0.2, 0.25) is 0 Å².